The molecule has 0 radical (unpaired) electrons. The standard InChI is InChI=1S/C10H11FN2O/c1-13-10(14)6-9(12-13)7-2-4-8(11)5-3-7/h2-5,10,14H,6H2,1H3. The monoisotopic (exact) mass is 194 g/mol. The first-order valence-electron chi connectivity index (χ1n) is 4.41. The zero-order valence-corrected chi connectivity index (χ0v) is 7.81. The van der Waals surface area contributed by atoms with Crippen LogP contribution in [0.25, 0.3) is 0 Å². The highest BCUT2D eigenvalue weighted by Crippen LogP contribution is 2.16. The van der Waals surface area contributed by atoms with Crippen LogP contribution < -0.4 is 0 Å². The average Bonchev–Trinajstić information content (AvgIpc) is 2.48. The molecule has 14 heavy (non-hydrogen) atoms. The third-order valence-electron chi connectivity index (χ3n) is 2.26. The maximum atomic E-state index is 12.6. The molecule has 0 saturated carbocycles. The highest BCUT2D eigenvalue weighted by Gasteiger charge is 2.21. The second kappa shape index (κ2) is 3.38. The number of nitrogens with zero attached hydrogens (tertiary/aromatic N) is 2. The lowest BCUT2D eigenvalue weighted by Gasteiger charge is -2.10. The summed E-state index contributed by atoms with van der Waals surface area (Å²) < 4.78 is 12.6. The zero-order chi connectivity index (χ0) is 10.1. The Morgan fingerprint density at radius 1 is 1.43 bits per heavy atom. The second-order valence-electron chi connectivity index (χ2n) is 3.31. The number of halogens is 1. The van der Waals surface area contributed by atoms with Crippen LogP contribution in [0, 0.1) is 5.82 Å². The fourth-order valence-electron chi connectivity index (χ4n) is 1.42. The summed E-state index contributed by atoms with van der Waals surface area (Å²) in [5.41, 5.74) is 1.65. The van der Waals surface area contributed by atoms with Crippen LogP contribution in [-0.4, -0.2) is 29.1 Å². The Balaban J connectivity index is 2.25. The van der Waals surface area contributed by atoms with E-state index in [0.717, 1.165) is 11.3 Å². The van der Waals surface area contributed by atoms with Gasteiger partial charge in [-0.1, -0.05) is 12.1 Å². The number of benzene rings is 1. The fraction of sp³-hybridized carbons (Fsp3) is 0.300. The minimum absolute atomic E-state index is 0.263. The van der Waals surface area contributed by atoms with Gasteiger partial charge in [0, 0.05) is 13.5 Å². The van der Waals surface area contributed by atoms with Gasteiger partial charge >= 0.3 is 0 Å². The van der Waals surface area contributed by atoms with Crippen molar-refractivity contribution in [1.82, 2.24) is 5.01 Å². The summed E-state index contributed by atoms with van der Waals surface area (Å²) in [5.74, 6) is -0.263. The molecular weight excluding hydrogens is 183 g/mol. The molecule has 1 aromatic rings. The number of hydrogen-bond donors (Lipinski definition) is 1. The number of rotatable bonds is 1. The van der Waals surface area contributed by atoms with Crippen molar-refractivity contribution < 1.29 is 9.50 Å². The summed E-state index contributed by atoms with van der Waals surface area (Å²) in [6.45, 7) is 0. The molecule has 0 spiro atoms. The largest absolute Gasteiger partial charge is 0.372 e. The van der Waals surface area contributed by atoms with Crippen LogP contribution in [0.15, 0.2) is 29.4 Å². The minimum atomic E-state index is -0.560. The third-order valence-corrected chi connectivity index (χ3v) is 2.26. The highest BCUT2D eigenvalue weighted by atomic mass is 19.1. The first-order valence-corrected chi connectivity index (χ1v) is 4.41. The predicted molar refractivity (Wildman–Crippen MR) is 51.3 cm³/mol. The van der Waals surface area contributed by atoms with Gasteiger partial charge in [0.25, 0.3) is 0 Å². The smallest absolute Gasteiger partial charge is 0.147 e. The van der Waals surface area contributed by atoms with Crippen LogP contribution in [0.5, 0.6) is 0 Å². The molecule has 0 fully saturated rings. The molecule has 1 aliphatic heterocycles. The molecule has 1 N–H and O–H groups in total. The second-order valence-corrected chi connectivity index (χ2v) is 3.31. The first-order chi connectivity index (χ1) is 6.66. The van der Waals surface area contributed by atoms with Crippen LogP contribution >= 0.6 is 0 Å². The lowest BCUT2D eigenvalue weighted by molar-refractivity contribution is 0.0452. The molecule has 0 aliphatic carbocycles. The summed E-state index contributed by atoms with van der Waals surface area (Å²) in [6.07, 6.45) is -0.0719. The Kier molecular flexibility index (Phi) is 2.21. The van der Waals surface area contributed by atoms with Gasteiger partial charge in [0.05, 0.1) is 5.71 Å². The molecule has 1 atom stereocenters. The summed E-state index contributed by atoms with van der Waals surface area (Å²) >= 11 is 0. The van der Waals surface area contributed by atoms with Crippen molar-refractivity contribution in [3.63, 3.8) is 0 Å². The van der Waals surface area contributed by atoms with Crippen molar-refractivity contribution in [2.45, 2.75) is 12.6 Å². The molecule has 0 bridgehead atoms. The maximum absolute atomic E-state index is 12.6. The van der Waals surface area contributed by atoms with Gasteiger partial charge in [-0.25, -0.2) is 4.39 Å². The van der Waals surface area contributed by atoms with Gasteiger partial charge < -0.3 is 5.11 Å². The van der Waals surface area contributed by atoms with Gasteiger partial charge in [0.1, 0.15) is 12.0 Å². The maximum Gasteiger partial charge on any atom is 0.147 e. The van der Waals surface area contributed by atoms with Gasteiger partial charge in [-0.15, -0.1) is 0 Å². The van der Waals surface area contributed by atoms with Crippen molar-refractivity contribution in [3.8, 4) is 0 Å². The Hall–Kier alpha value is -1.42. The molecule has 1 heterocycles. The molecule has 4 heteroatoms. The lowest BCUT2D eigenvalue weighted by atomic mass is 10.1. The van der Waals surface area contributed by atoms with E-state index in [9.17, 15) is 9.50 Å². The Bertz CT molecular complexity index is 361. The van der Waals surface area contributed by atoms with Crippen molar-refractivity contribution in [2.75, 3.05) is 7.05 Å². The average molecular weight is 194 g/mol. The first kappa shape index (κ1) is 9.15. The van der Waals surface area contributed by atoms with E-state index in [1.54, 1.807) is 19.2 Å². The van der Waals surface area contributed by atoms with Crippen LogP contribution in [-0.2, 0) is 0 Å². The molecule has 1 aromatic carbocycles. The van der Waals surface area contributed by atoms with Crippen LogP contribution in [0.4, 0.5) is 4.39 Å². The molecule has 3 nitrogen and oxygen atoms in total. The van der Waals surface area contributed by atoms with Crippen molar-refractivity contribution in [2.24, 2.45) is 5.10 Å². The molecular formula is C10H11FN2O. The van der Waals surface area contributed by atoms with Crippen molar-refractivity contribution in [1.29, 1.82) is 0 Å². The predicted octanol–water partition coefficient (Wildman–Crippen LogP) is 1.18. The van der Waals surface area contributed by atoms with Crippen molar-refractivity contribution >= 4 is 5.71 Å². The van der Waals surface area contributed by atoms with E-state index in [1.807, 2.05) is 0 Å². The normalized spacial score (nSPS) is 21.2. The summed E-state index contributed by atoms with van der Waals surface area (Å²) in [6, 6.07) is 6.12. The SMILES string of the molecule is CN1N=C(c2ccc(F)cc2)CC1O. The number of hydrazone groups is 1. The molecule has 0 amide bonds. The Labute approximate surface area is 81.5 Å². The molecule has 1 aliphatic rings. The number of aliphatic hydroxyl groups excluding tert-OH is 1. The van der Waals surface area contributed by atoms with E-state index in [1.165, 1.54) is 17.1 Å². The van der Waals surface area contributed by atoms with E-state index in [2.05, 4.69) is 5.10 Å². The third kappa shape index (κ3) is 1.61. The molecule has 74 valence electrons. The van der Waals surface area contributed by atoms with Crippen LogP contribution in [0.1, 0.15) is 12.0 Å². The van der Waals surface area contributed by atoms with Gasteiger partial charge in [-0.3, -0.25) is 5.01 Å². The Morgan fingerprint density at radius 3 is 2.57 bits per heavy atom. The van der Waals surface area contributed by atoms with Gasteiger partial charge in [-0.05, 0) is 17.7 Å². The number of aliphatic hydroxyl groups is 1. The van der Waals surface area contributed by atoms with E-state index in [4.69, 9.17) is 0 Å². The van der Waals surface area contributed by atoms with E-state index in [0.29, 0.717) is 6.42 Å². The van der Waals surface area contributed by atoms with Crippen molar-refractivity contribution in [3.05, 3.63) is 35.6 Å². The van der Waals surface area contributed by atoms with Crippen LogP contribution in [0.2, 0.25) is 0 Å². The van der Waals surface area contributed by atoms with E-state index in [-0.39, 0.29) is 5.82 Å². The quantitative estimate of drug-likeness (QED) is 0.728. The van der Waals surface area contributed by atoms with Gasteiger partial charge in [0.2, 0.25) is 0 Å². The van der Waals surface area contributed by atoms with Crippen LogP contribution in [0.3, 0.4) is 0 Å². The highest BCUT2D eigenvalue weighted by molar-refractivity contribution is 6.01. The summed E-state index contributed by atoms with van der Waals surface area (Å²) in [5, 5.41) is 15.1. The Morgan fingerprint density at radius 2 is 2.07 bits per heavy atom. The molecule has 0 saturated heterocycles. The van der Waals surface area contributed by atoms with Gasteiger partial charge in [-0.2, -0.15) is 5.10 Å². The molecule has 1 unspecified atom stereocenters. The van der Waals surface area contributed by atoms with E-state index >= 15 is 0 Å². The minimum Gasteiger partial charge on any atom is -0.372 e. The number of hydrogen-bond acceptors (Lipinski definition) is 3. The lowest BCUT2D eigenvalue weighted by Crippen LogP contribution is -2.21. The fourth-order valence-corrected chi connectivity index (χ4v) is 1.42. The molecule has 0 aromatic heterocycles. The van der Waals surface area contributed by atoms with Gasteiger partial charge in [0.15, 0.2) is 0 Å². The summed E-state index contributed by atoms with van der Waals surface area (Å²) in [4.78, 5) is 0. The topological polar surface area (TPSA) is 35.8 Å². The zero-order valence-electron chi connectivity index (χ0n) is 7.81. The van der Waals surface area contributed by atoms with E-state index < -0.39 is 6.23 Å². The molecule has 2 rings (SSSR count). The summed E-state index contributed by atoms with van der Waals surface area (Å²) in [7, 11) is 1.71.